The van der Waals surface area contributed by atoms with E-state index < -0.39 is 17.3 Å². The number of nitriles is 1. The molecule has 58 heavy (non-hydrogen) atoms. The summed E-state index contributed by atoms with van der Waals surface area (Å²) in [4.78, 5) is 52.7. The number of rotatable bonds is 9. The third-order valence-corrected chi connectivity index (χ3v) is 12.1. The fourth-order valence-corrected chi connectivity index (χ4v) is 8.92. The second kappa shape index (κ2) is 16.7. The lowest BCUT2D eigenvalue weighted by atomic mass is 9.92. The van der Waals surface area contributed by atoms with Crippen molar-refractivity contribution in [3.05, 3.63) is 77.9 Å². The van der Waals surface area contributed by atoms with E-state index >= 15 is 0 Å². The molecule has 0 bridgehead atoms. The average Bonchev–Trinajstić information content (AvgIpc) is 3.67. The lowest BCUT2D eigenvalue weighted by Crippen LogP contribution is -2.49. The molecule has 3 saturated heterocycles. The number of benzene rings is 2. The SMILES string of the molecule is N#Cc1ccc(OC2CCC(NC(=O)c3cnc(N4CCC(CN5CCC(n6ccc7c(N8CCC(=O)NC8=O)cccc76)CC5)CC4)cn3)CC2)cc1C(F)(F)F. The van der Waals surface area contributed by atoms with Gasteiger partial charge < -0.3 is 24.4 Å². The average molecular weight is 798 g/mol. The van der Waals surface area contributed by atoms with Crippen LogP contribution in [0.5, 0.6) is 5.75 Å². The Hall–Kier alpha value is -5.69. The molecule has 8 rings (SSSR count). The number of nitrogens with zero attached hydrogens (tertiary/aromatic N) is 7. The predicted molar refractivity (Wildman–Crippen MR) is 209 cm³/mol. The Labute approximate surface area is 334 Å². The van der Waals surface area contributed by atoms with Crippen molar-refractivity contribution in [2.45, 2.75) is 82.2 Å². The summed E-state index contributed by atoms with van der Waals surface area (Å²) in [6, 6.07) is 13.0. The van der Waals surface area contributed by atoms with Gasteiger partial charge in [0.05, 0.1) is 46.9 Å². The third kappa shape index (κ3) is 8.59. The first-order valence-corrected chi connectivity index (χ1v) is 20.1. The first-order valence-electron chi connectivity index (χ1n) is 20.1. The molecule has 4 aliphatic rings. The highest BCUT2D eigenvalue weighted by molar-refractivity contribution is 6.09. The van der Waals surface area contributed by atoms with Crippen LogP contribution in [-0.2, 0) is 11.0 Å². The van der Waals surface area contributed by atoms with Crippen LogP contribution in [0.1, 0.15) is 85.4 Å². The Kier molecular flexibility index (Phi) is 11.2. The Morgan fingerprint density at radius 3 is 2.40 bits per heavy atom. The molecule has 4 amide bonds. The van der Waals surface area contributed by atoms with E-state index in [-0.39, 0.29) is 41.4 Å². The number of urea groups is 1. The topological polar surface area (TPSA) is 149 Å². The van der Waals surface area contributed by atoms with Crippen LogP contribution in [0.15, 0.2) is 61.1 Å². The molecule has 0 unspecified atom stereocenters. The maximum atomic E-state index is 13.4. The number of likely N-dealkylation sites (tertiary alicyclic amines) is 1. The molecule has 4 fully saturated rings. The van der Waals surface area contributed by atoms with Gasteiger partial charge in [-0.2, -0.15) is 18.4 Å². The second-order valence-corrected chi connectivity index (χ2v) is 15.8. The van der Waals surface area contributed by atoms with Gasteiger partial charge in [-0.25, -0.2) is 14.8 Å². The van der Waals surface area contributed by atoms with Gasteiger partial charge in [-0.05, 0) is 93.7 Å². The Morgan fingerprint density at radius 1 is 0.931 bits per heavy atom. The minimum atomic E-state index is -4.65. The number of fused-ring (bicyclic) bond motifs is 1. The molecule has 0 spiro atoms. The summed E-state index contributed by atoms with van der Waals surface area (Å²) < 4.78 is 48.3. The number of nitrogens with one attached hydrogen (secondary N) is 2. The largest absolute Gasteiger partial charge is 0.490 e. The van der Waals surface area contributed by atoms with Gasteiger partial charge in [0.1, 0.15) is 17.3 Å². The van der Waals surface area contributed by atoms with E-state index in [1.807, 2.05) is 12.1 Å². The summed E-state index contributed by atoms with van der Waals surface area (Å²) in [6.45, 7) is 5.22. The van der Waals surface area contributed by atoms with Gasteiger partial charge in [0.2, 0.25) is 5.91 Å². The third-order valence-electron chi connectivity index (χ3n) is 12.1. The summed E-state index contributed by atoms with van der Waals surface area (Å²) in [6.07, 6.45) is 7.18. The number of anilines is 2. The molecular formula is C42H46F3N9O4. The summed E-state index contributed by atoms with van der Waals surface area (Å²) in [5, 5.41) is 15.5. The summed E-state index contributed by atoms with van der Waals surface area (Å²) in [5.74, 6) is 0.860. The van der Waals surface area contributed by atoms with Crippen LogP contribution in [-0.4, -0.2) is 88.7 Å². The predicted octanol–water partition coefficient (Wildman–Crippen LogP) is 6.44. The van der Waals surface area contributed by atoms with Crippen LogP contribution < -0.4 is 25.2 Å². The molecule has 16 heteroatoms. The molecule has 5 heterocycles. The van der Waals surface area contributed by atoms with Crippen molar-refractivity contribution >= 4 is 40.3 Å². The van der Waals surface area contributed by atoms with E-state index in [9.17, 15) is 27.6 Å². The number of carbonyl (C=O) groups is 3. The number of aromatic nitrogens is 3. The summed E-state index contributed by atoms with van der Waals surface area (Å²) >= 11 is 0. The Balaban J connectivity index is 0.759. The van der Waals surface area contributed by atoms with E-state index in [1.54, 1.807) is 17.2 Å². The number of ether oxygens (including phenoxy) is 1. The molecule has 2 N–H and O–H groups in total. The summed E-state index contributed by atoms with van der Waals surface area (Å²) in [7, 11) is 0. The van der Waals surface area contributed by atoms with Crippen molar-refractivity contribution in [3.63, 3.8) is 0 Å². The maximum absolute atomic E-state index is 13.4. The Morgan fingerprint density at radius 2 is 1.71 bits per heavy atom. The number of imide groups is 1. The van der Waals surface area contributed by atoms with Gasteiger partial charge in [0.15, 0.2) is 0 Å². The number of halogens is 3. The van der Waals surface area contributed by atoms with Crippen molar-refractivity contribution in [1.29, 1.82) is 5.26 Å². The maximum Gasteiger partial charge on any atom is 0.417 e. The van der Waals surface area contributed by atoms with E-state index in [0.29, 0.717) is 50.6 Å². The molecule has 2 aromatic heterocycles. The van der Waals surface area contributed by atoms with E-state index in [2.05, 4.69) is 53.3 Å². The number of hydrogen-bond donors (Lipinski definition) is 2. The molecular weight excluding hydrogens is 752 g/mol. The number of alkyl halides is 3. The molecule has 13 nitrogen and oxygen atoms in total. The van der Waals surface area contributed by atoms with Gasteiger partial charge in [-0.1, -0.05) is 6.07 Å². The quantitative estimate of drug-likeness (QED) is 0.195. The monoisotopic (exact) mass is 797 g/mol. The number of hydrogen-bond acceptors (Lipinski definition) is 9. The van der Waals surface area contributed by atoms with Gasteiger partial charge in [-0.3, -0.25) is 19.8 Å². The van der Waals surface area contributed by atoms with Crippen LogP contribution in [0.3, 0.4) is 0 Å². The van der Waals surface area contributed by atoms with Crippen molar-refractivity contribution < 1.29 is 32.3 Å². The molecule has 1 aliphatic carbocycles. The van der Waals surface area contributed by atoms with E-state index in [4.69, 9.17) is 10.00 Å². The first kappa shape index (κ1) is 39.2. The molecule has 0 radical (unpaired) electrons. The van der Waals surface area contributed by atoms with Crippen LogP contribution in [0.4, 0.5) is 29.5 Å². The first-order chi connectivity index (χ1) is 28.0. The lowest BCUT2D eigenvalue weighted by molar-refractivity contribution is -0.138. The van der Waals surface area contributed by atoms with Gasteiger partial charge in [0.25, 0.3) is 5.91 Å². The molecule has 2 aromatic carbocycles. The fraction of sp³-hybridized carbons (Fsp3) is 0.476. The molecule has 4 aromatic rings. The minimum Gasteiger partial charge on any atom is -0.490 e. The van der Waals surface area contributed by atoms with E-state index in [0.717, 1.165) is 92.9 Å². The number of amides is 4. The van der Waals surface area contributed by atoms with Gasteiger partial charge >= 0.3 is 12.2 Å². The molecule has 3 aliphatic heterocycles. The zero-order chi connectivity index (χ0) is 40.4. The van der Waals surface area contributed by atoms with Gasteiger partial charge in [-0.15, -0.1) is 0 Å². The highest BCUT2D eigenvalue weighted by atomic mass is 19.4. The van der Waals surface area contributed by atoms with Crippen molar-refractivity contribution in [1.82, 2.24) is 30.1 Å². The zero-order valence-electron chi connectivity index (χ0n) is 32.1. The van der Waals surface area contributed by atoms with Crippen LogP contribution >= 0.6 is 0 Å². The molecule has 0 atom stereocenters. The summed E-state index contributed by atoms with van der Waals surface area (Å²) in [5.41, 5.74) is 0.714. The van der Waals surface area contributed by atoms with Gasteiger partial charge in [0, 0.05) is 69.4 Å². The van der Waals surface area contributed by atoms with Crippen molar-refractivity contribution in [2.75, 3.05) is 49.1 Å². The lowest BCUT2D eigenvalue weighted by Gasteiger charge is -2.38. The number of piperidine rings is 2. The van der Waals surface area contributed by atoms with Crippen molar-refractivity contribution in [2.24, 2.45) is 5.92 Å². The molecule has 304 valence electrons. The smallest absolute Gasteiger partial charge is 0.417 e. The van der Waals surface area contributed by atoms with Crippen LogP contribution in [0.2, 0.25) is 0 Å². The molecule has 1 saturated carbocycles. The standard InChI is InChI=1S/C42H46F3N9O4/c43-42(44,45)34-22-32(7-4-28(34)23-46)58-31-8-5-29(6-9-31)49-40(56)35-24-48-38(25-47-35)52-18-10-27(11-19-52)26-51-16-12-30(13-17-51)53-20-14-33-36(53)2-1-3-37(33)54-21-15-39(55)50-41(54)57/h1-4,7,14,20,22,24-25,27,29-31H,5-6,8-13,15-19,21,26H2,(H,49,56)(H,50,55,57). The van der Waals surface area contributed by atoms with Crippen LogP contribution in [0.25, 0.3) is 10.9 Å². The highest BCUT2D eigenvalue weighted by Gasteiger charge is 2.35. The van der Waals surface area contributed by atoms with Crippen molar-refractivity contribution in [3.8, 4) is 11.8 Å². The fourth-order valence-electron chi connectivity index (χ4n) is 8.92. The zero-order valence-corrected chi connectivity index (χ0v) is 32.1. The van der Waals surface area contributed by atoms with E-state index in [1.165, 1.54) is 12.3 Å². The minimum absolute atomic E-state index is 0.0714. The Bertz CT molecular complexity index is 2180. The normalized spacial score (nSPS) is 21.5. The van der Waals surface area contributed by atoms with Crippen LogP contribution in [0, 0.1) is 17.2 Å². The second-order valence-electron chi connectivity index (χ2n) is 15.8. The highest BCUT2D eigenvalue weighted by Crippen LogP contribution is 2.36. The number of carbonyl (C=O) groups excluding carboxylic acids is 3.